The summed E-state index contributed by atoms with van der Waals surface area (Å²) in [4.78, 5) is 30.5. The number of ketones is 1. The second kappa shape index (κ2) is 13.0. The van der Waals surface area contributed by atoms with Crippen LogP contribution in [0.4, 0.5) is 0 Å². The minimum absolute atomic E-state index is 0.0784. The van der Waals surface area contributed by atoms with Crippen LogP contribution in [0.3, 0.4) is 0 Å². The third-order valence-corrected chi connectivity index (χ3v) is 7.59. The number of hydrogen-bond acceptors (Lipinski definition) is 7. The number of aliphatic hydroxyl groups is 1. The van der Waals surface area contributed by atoms with E-state index in [1.807, 2.05) is 62.4 Å². The number of rotatable bonds is 10. The highest BCUT2D eigenvalue weighted by Gasteiger charge is 2.46. The minimum Gasteiger partial charge on any atom is -0.507 e. The van der Waals surface area contributed by atoms with Gasteiger partial charge in [-0.1, -0.05) is 36.4 Å². The number of ether oxygens (including phenoxy) is 3. The summed E-state index contributed by atoms with van der Waals surface area (Å²) in [5, 5.41) is 11.4. The summed E-state index contributed by atoms with van der Waals surface area (Å²) in [6.07, 6.45) is 0. The predicted molar refractivity (Wildman–Crippen MR) is 156 cm³/mol. The van der Waals surface area contributed by atoms with E-state index in [1.54, 1.807) is 29.2 Å². The molecule has 1 amide bonds. The second-order valence-corrected chi connectivity index (χ2v) is 10.2. The number of morpholine rings is 1. The zero-order chi connectivity index (χ0) is 28.8. The Morgan fingerprint density at radius 2 is 1.56 bits per heavy atom. The number of benzene rings is 3. The molecule has 2 saturated heterocycles. The van der Waals surface area contributed by atoms with Gasteiger partial charge in [-0.25, -0.2) is 0 Å². The quantitative estimate of drug-likeness (QED) is 0.220. The number of carbonyl (C=O) groups excluding carboxylic acids is 2. The molecule has 214 valence electrons. The lowest BCUT2D eigenvalue weighted by Crippen LogP contribution is -2.42. The summed E-state index contributed by atoms with van der Waals surface area (Å²) in [6.45, 7) is 8.70. The molecule has 1 N–H and O–H groups in total. The molecule has 3 aromatic rings. The van der Waals surface area contributed by atoms with Gasteiger partial charge in [0.1, 0.15) is 23.9 Å². The Hall–Kier alpha value is -4.14. The Morgan fingerprint density at radius 3 is 2.24 bits per heavy atom. The highest BCUT2D eigenvalue weighted by molar-refractivity contribution is 6.46. The molecule has 1 unspecified atom stereocenters. The Bertz CT molecular complexity index is 1390. The molecule has 8 heteroatoms. The number of likely N-dealkylation sites (tertiary alicyclic amines) is 1. The van der Waals surface area contributed by atoms with E-state index in [1.165, 1.54) is 0 Å². The third kappa shape index (κ3) is 6.45. The fraction of sp³-hybridized carbons (Fsp3) is 0.333. The van der Waals surface area contributed by atoms with Crippen LogP contribution in [0.2, 0.25) is 0 Å². The van der Waals surface area contributed by atoms with E-state index in [4.69, 9.17) is 14.2 Å². The monoisotopic (exact) mass is 556 g/mol. The first-order chi connectivity index (χ1) is 20.0. The molecule has 2 aliphatic heterocycles. The van der Waals surface area contributed by atoms with Crippen LogP contribution in [-0.4, -0.2) is 72.6 Å². The van der Waals surface area contributed by atoms with Gasteiger partial charge in [0.05, 0.1) is 31.4 Å². The van der Waals surface area contributed by atoms with Crippen molar-refractivity contribution in [3.05, 3.63) is 101 Å². The molecule has 3 aromatic carbocycles. The van der Waals surface area contributed by atoms with Crippen molar-refractivity contribution in [3.8, 4) is 11.5 Å². The van der Waals surface area contributed by atoms with E-state index in [0.717, 1.165) is 29.8 Å². The standard InChI is InChI=1S/C33H36N2O6/c1-3-40-27-12-8-24(9-13-27)30-29(32(37)33(38)35(30)17-16-34-18-20-39-21-19-34)31(36)25-10-14-28(15-11-25)41-22-26-7-5-4-6-23(26)2/h4-15,30,36H,3,16-22H2,1-2H3/b31-29+. The number of amides is 1. The van der Waals surface area contributed by atoms with Gasteiger partial charge < -0.3 is 24.2 Å². The molecule has 0 bridgehead atoms. The largest absolute Gasteiger partial charge is 0.507 e. The first kappa shape index (κ1) is 28.4. The van der Waals surface area contributed by atoms with Crippen molar-refractivity contribution in [3.63, 3.8) is 0 Å². The van der Waals surface area contributed by atoms with Crippen molar-refractivity contribution in [2.45, 2.75) is 26.5 Å². The SMILES string of the molecule is CCOc1ccc(C2/C(=C(\O)c3ccc(OCc4ccccc4C)cc3)C(=O)C(=O)N2CCN2CCOCC2)cc1. The van der Waals surface area contributed by atoms with Crippen LogP contribution in [0, 0.1) is 6.92 Å². The summed E-state index contributed by atoms with van der Waals surface area (Å²) < 4.78 is 17.0. The van der Waals surface area contributed by atoms with E-state index < -0.39 is 17.7 Å². The maximum atomic E-state index is 13.4. The van der Waals surface area contributed by atoms with Crippen molar-refractivity contribution in [2.75, 3.05) is 46.0 Å². The molecular weight excluding hydrogens is 520 g/mol. The van der Waals surface area contributed by atoms with Gasteiger partial charge in [-0.3, -0.25) is 14.5 Å². The third-order valence-electron chi connectivity index (χ3n) is 7.59. The summed E-state index contributed by atoms with van der Waals surface area (Å²) in [5.41, 5.74) is 3.49. The molecule has 2 fully saturated rings. The molecular formula is C33H36N2O6. The molecule has 0 spiro atoms. The van der Waals surface area contributed by atoms with Crippen LogP contribution in [0.15, 0.2) is 78.4 Å². The average molecular weight is 557 g/mol. The zero-order valence-electron chi connectivity index (χ0n) is 23.5. The molecule has 1 atom stereocenters. The lowest BCUT2D eigenvalue weighted by atomic mass is 9.95. The molecule has 2 heterocycles. The maximum Gasteiger partial charge on any atom is 0.295 e. The summed E-state index contributed by atoms with van der Waals surface area (Å²) in [7, 11) is 0. The lowest BCUT2D eigenvalue weighted by Gasteiger charge is -2.31. The van der Waals surface area contributed by atoms with Crippen LogP contribution in [-0.2, 0) is 20.9 Å². The van der Waals surface area contributed by atoms with Gasteiger partial charge >= 0.3 is 0 Å². The first-order valence-electron chi connectivity index (χ1n) is 14.0. The van der Waals surface area contributed by atoms with Crippen LogP contribution in [0.25, 0.3) is 5.76 Å². The summed E-state index contributed by atoms with van der Waals surface area (Å²) in [5.74, 6) is -0.177. The topological polar surface area (TPSA) is 88.5 Å². The van der Waals surface area contributed by atoms with E-state index in [-0.39, 0.29) is 11.3 Å². The molecule has 0 aliphatic carbocycles. The number of Topliss-reactive ketones (excluding diaryl/α,β-unsaturated/α-hetero) is 1. The molecule has 5 rings (SSSR count). The highest BCUT2D eigenvalue weighted by atomic mass is 16.5. The molecule has 41 heavy (non-hydrogen) atoms. The van der Waals surface area contributed by atoms with Crippen molar-refractivity contribution < 1.29 is 28.9 Å². The highest BCUT2D eigenvalue weighted by Crippen LogP contribution is 2.40. The van der Waals surface area contributed by atoms with E-state index in [0.29, 0.717) is 56.6 Å². The summed E-state index contributed by atoms with van der Waals surface area (Å²) >= 11 is 0. The van der Waals surface area contributed by atoms with Gasteiger partial charge in [0.25, 0.3) is 11.7 Å². The van der Waals surface area contributed by atoms with Crippen LogP contribution < -0.4 is 9.47 Å². The Labute approximate surface area is 240 Å². The van der Waals surface area contributed by atoms with Crippen molar-refractivity contribution >= 4 is 17.4 Å². The zero-order valence-corrected chi connectivity index (χ0v) is 23.5. The van der Waals surface area contributed by atoms with Crippen LogP contribution in [0.5, 0.6) is 11.5 Å². The second-order valence-electron chi connectivity index (χ2n) is 10.2. The molecule has 0 aromatic heterocycles. The number of aryl methyl sites for hydroxylation is 1. The number of aliphatic hydroxyl groups excluding tert-OH is 1. The van der Waals surface area contributed by atoms with Crippen molar-refractivity contribution in [2.24, 2.45) is 0 Å². The van der Waals surface area contributed by atoms with Crippen molar-refractivity contribution in [1.82, 2.24) is 9.80 Å². The number of hydrogen-bond donors (Lipinski definition) is 1. The van der Waals surface area contributed by atoms with Crippen molar-refractivity contribution in [1.29, 1.82) is 0 Å². The van der Waals surface area contributed by atoms with Crippen LogP contribution >= 0.6 is 0 Å². The van der Waals surface area contributed by atoms with Gasteiger partial charge in [0.15, 0.2) is 0 Å². The molecule has 0 saturated carbocycles. The van der Waals surface area contributed by atoms with E-state index >= 15 is 0 Å². The molecule has 0 radical (unpaired) electrons. The van der Waals surface area contributed by atoms with E-state index in [9.17, 15) is 14.7 Å². The average Bonchev–Trinajstić information content (AvgIpc) is 3.25. The van der Waals surface area contributed by atoms with Gasteiger partial charge in [-0.05, 0) is 66.9 Å². The van der Waals surface area contributed by atoms with Gasteiger partial charge in [0, 0.05) is 31.7 Å². The maximum absolute atomic E-state index is 13.4. The normalized spacial score (nSPS) is 19.0. The number of carbonyl (C=O) groups is 2. The fourth-order valence-electron chi connectivity index (χ4n) is 5.24. The Kier molecular flexibility index (Phi) is 9.01. The minimum atomic E-state index is -0.719. The fourth-order valence-corrected chi connectivity index (χ4v) is 5.24. The summed E-state index contributed by atoms with van der Waals surface area (Å²) in [6, 6.07) is 21.6. The molecule has 8 nitrogen and oxygen atoms in total. The van der Waals surface area contributed by atoms with Gasteiger partial charge in [-0.2, -0.15) is 0 Å². The van der Waals surface area contributed by atoms with Gasteiger partial charge in [-0.15, -0.1) is 0 Å². The Balaban J connectivity index is 1.42. The first-order valence-corrected chi connectivity index (χ1v) is 14.0. The smallest absolute Gasteiger partial charge is 0.295 e. The molecule has 2 aliphatic rings. The van der Waals surface area contributed by atoms with E-state index in [2.05, 4.69) is 4.90 Å². The predicted octanol–water partition coefficient (Wildman–Crippen LogP) is 4.73. The van der Waals surface area contributed by atoms with Gasteiger partial charge in [0.2, 0.25) is 0 Å². The number of nitrogens with zero attached hydrogens (tertiary/aromatic N) is 2. The lowest BCUT2D eigenvalue weighted by molar-refractivity contribution is -0.140. The van der Waals surface area contributed by atoms with Crippen LogP contribution in [0.1, 0.15) is 35.2 Å². The Morgan fingerprint density at radius 1 is 0.902 bits per heavy atom.